The van der Waals surface area contributed by atoms with Gasteiger partial charge in [0.15, 0.2) is 4.90 Å². The number of rotatable bonds is 0. The van der Waals surface area contributed by atoms with Gasteiger partial charge >= 0.3 is 0 Å². The Balaban J connectivity index is 2.41. The number of benzene rings is 1. The van der Waals surface area contributed by atoms with Crippen LogP contribution in [0.2, 0.25) is 0 Å². The second-order valence-corrected chi connectivity index (χ2v) is 3.86. The first-order chi connectivity index (χ1) is 4.97. The van der Waals surface area contributed by atoms with E-state index in [1.807, 2.05) is 0 Å². The fourth-order valence-corrected chi connectivity index (χ4v) is 2.48. The molecule has 0 saturated carbocycles. The number of fused-ring (bicyclic) bond motifs is 1. The van der Waals surface area contributed by atoms with E-state index in [1.165, 1.54) is 30.4 Å². The third-order valence-electron chi connectivity index (χ3n) is 1.88. The normalized spacial score (nSPS) is 16.4. The van der Waals surface area contributed by atoms with E-state index in [-0.39, 0.29) is 0 Å². The molecule has 10 heavy (non-hydrogen) atoms. The van der Waals surface area contributed by atoms with Crippen molar-refractivity contribution in [2.75, 3.05) is 5.75 Å². The van der Waals surface area contributed by atoms with Gasteiger partial charge in [-0.15, -0.1) is 0 Å². The van der Waals surface area contributed by atoms with Gasteiger partial charge in [-0.2, -0.15) is 0 Å². The first-order valence-electron chi connectivity index (χ1n) is 3.72. The molecule has 2 rings (SSSR count). The van der Waals surface area contributed by atoms with Crippen LogP contribution in [0.4, 0.5) is 0 Å². The first-order valence-corrected chi connectivity index (χ1v) is 4.80. The standard InChI is InChI=1S/C9H10S/c1-2-6-9-8(4-1)5-3-7-10-9/h1-2,4,6H,3,5,7H2/p+1. The quantitative estimate of drug-likeness (QED) is 0.392. The largest absolute Gasteiger partial charge is 0.155 e. The molecular weight excluding hydrogens is 140 g/mol. The fourth-order valence-electron chi connectivity index (χ4n) is 1.35. The lowest BCUT2D eigenvalue weighted by atomic mass is 10.1. The molecule has 0 aliphatic carbocycles. The van der Waals surface area contributed by atoms with Gasteiger partial charge in [0.1, 0.15) is 5.75 Å². The van der Waals surface area contributed by atoms with Crippen LogP contribution in [0.25, 0.3) is 0 Å². The van der Waals surface area contributed by atoms with Crippen LogP contribution in [0, 0.1) is 0 Å². The minimum Gasteiger partial charge on any atom is -0.0616 e. The van der Waals surface area contributed by atoms with Crippen molar-refractivity contribution in [3.63, 3.8) is 0 Å². The van der Waals surface area contributed by atoms with Crippen molar-refractivity contribution in [1.82, 2.24) is 0 Å². The molecule has 0 N–H and O–H groups in total. The molecule has 0 fully saturated rings. The van der Waals surface area contributed by atoms with E-state index in [9.17, 15) is 0 Å². The highest BCUT2D eigenvalue weighted by Gasteiger charge is 2.14. The molecule has 1 aromatic rings. The van der Waals surface area contributed by atoms with Crippen molar-refractivity contribution in [3.05, 3.63) is 29.8 Å². The highest BCUT2D eigenvalue weighted by Crippen LogP contribution is 2.18. The molecule has 1 heterocycles. The van der Waals surface area contributed by atoms with E-state index in [4.69, 9.17) is 0 Å². The van der Waals surface area contributed by atoms with Gasteiger partial charge in [0, 0.05) is 17.3 Å². The Kier molecular flexibility index (Phi) is 1.68. The predicted octanol–water partition coefficient (Wildman–Crippen LogP) is 1.81. The maximum absolute atomic E-state index is 2.25. The van der Waals surface area contributed by atoms with Crippen LogP contribution in [0.1, 0.15) is 12.0 Å². The van der Waals surface area contributed by atoms with E-state index in [1.54, 1.807) is 10.5 Å². The van der Waals surface area contributed by atoms with Crippen molar-refractivity contribution in [3.8, 4) is 0 Å². The first kappa shape index (κ1) is 6.29. The molecule has 0 nitrogen and oxygen atoms in total. The lowest BCUT2D eigenvalue weighted by Crippen LogP contribution is -2.04. The van der Waals surface area contributed by atoms with Crippen LogP contribution >= 0.6 is 0 Å². The highest BCUT2D eigenvalue weighted by atomic mass is 32.2. The molecule has 1 aliphatic heterocycles. The summed E-state index contributed by atoms with van der Waals surface area (Å²) in [5, 5.41) is 0. The molecule has 1 aromatic carbocycles. The minimum atomic E-state index is 1.29. The topological polar surface area (TPSA) is 0 Å². The van der Waals surface area contributed by atoms with Gasteiger partial charge in [0.05, 0.1) is 0 Å². The van der Waals surface area contributed by atoms with E-state index in [2.05, 4.69) is 24.3 Å². The van der Waals surface area contributed by atoms with Crippen LogP contribution in [-0.4, -0.2) is 5.75 Å². The summed E-state index contributed by atoms with van der Waals surface area (Å²) >= 11 is 1.53. The van der Waals surface area contributed by atoms with E-state index >= 15 is 0 Å². The van der Waals surface area contributed by atoms with Gasteiger partial charge in [0.2, 0.25) is 0 Å². The molecular formula is C9H11S+. The Morgan fingerprint density at radius 3 is 3.00 bits per heavy atom. The maximum atomic E-state index is 2.25. The molecule has 0 bridgehead atoms. The molecule has 1 heteroatoms. The van der Waals surface area contributed by atoms with Gasteiger partial charge in [-0.3, -0.25) is 0 Å². The van der Waals surface area contributed by atoms with Gasteiger partial charge in [0.25, 0.3) is 0 Å². The maximum Gasteiger partial charge on any atom is 0.155 e. The lowest BCUT2D eigenvalue weighted by molar-refractivity contribution is 0.888. The van der Waals surface area contributed by atoms with E-state index in [0.717, 1.165) is 0 Å². The van der Waals surface area contributed by atoms with Crippen LogP contribution in [-0.2, 0) is 18.2 Å². The van der Waals surface area contributed by atoms with Gasteiger partial charge < -0.3 is 0 Å². The zero-order valence-corrected chi connectivity index (χ0v) is 6.77. The minimum absolute atomic E-state index is 1.29. The molecule has 0 atom stereocenters. The zero-order valence-electron chi connectivity index (χ0n) is 5.88. The Labute approximate surface area is 65.6 Å². The lowest BCUT2D eigenvalue weighted by Gasteiger charge is -2.06. The number of aryl methyl sites for hydroxylation is 1. The number of hydrogen-bond donors (Lipinski definition) is 0. The smallest absolute Gasteiger partial charge is 0.0616 e. The summed E-state index contributed by atoms with van der Waals surface area (Å²) in [5.41, 5.74) is 1.57. The average Bonchev–Trinajstić information content (AvgIpc) is 2.05. The van der Waals surface area contributed by atoms with Crippen molar-refractivity contribution < 1.29 is 0 Å². The number of thiol groups is 1. The average molecular weight is 151 g/mol. The monoisotopic (exact) mass is 151 g/mol. The van der Waals surface area contributed by atoms with Crippen molar-refractivity contribution >= 4 is 11.8 Å². The summed E-state index contributed by atoms with van der Waals surface area (Å²) < 4.78 is 0. The summed E-state index contributed by atoms with van der Waals surface area (Å²) in [5.74, 6) is 1.36. The Hall–Kier alpha value is -0.430. The second kappa shape index (κ2) is 2.67. The number of hydrogen-bond acceptors (Lipinski definition) is 0. The van der Waals surface area contributed by atoms with Crippen LogP contribution in [0.5, 0.6) is 0 Å². The Morgan fingerprint density at radius 1 is 1.20 bits per heavy atom. The zero-order chi connectivity index (χ0) is 6.81. The Bertz CT molecular complexity index is 205. The highest BCUT2D eigenvalue weighted by molar-refractivity contribution is 7.78. The van der Waals surface area contributed by atoms with Gasteiger partial charge in [-0.1, -0.05) is 18.2 Å². The summed E-state index contributed by atoms with van der Waals surface area (Å²) in [4.78, 5) is 1.55. The third-order valence-corrected chi connectivity index (χ3v) is 3.19. The van der Waals surface area contributed by atoms with Crippen molar-refractivity contribution in [2.24, 2.45) is 0 Å². The molecule has 1 aliphatic rings. The van der Waals surface area contributed by atoms with Crippen LogP contribution in [0.15, 0.2) is 29.2 Å². The molecule has 0 saturated heterocycles. The Morgan fingerprint density at radius 2 is 2.10 bits per heavy atom. The third kappa shape index (κ3) is 1.06. The molecule has 52 valence electrons. The van der Waals surface area contributed by atoms with E-state index in [0.29, 0.717) is 0 Å². The molecule has 0 radical (unpaired) electrons. The summed E-state index contributed by atoms with van der Waals surface area (Å²) in [6.07, 6.45) is 2.67. The second-order valence-electron chi connectivity index (χ2n) is 2.61. The van der Waals surface area contributed by atoms with Crippen LogP contribution < -0.4 is 0 Å². The van der Waals surface area contributed by atoms with Gasteiger partial charge in [-0.25, -0.2) is 0 Å². The predicted molar refractivity (Wildman–Crippen MR) is 46.7 cm³/mol. The SMILES string of the molecule is c1ccc2c(c1)CCC[SH+]2. The molecule has 0 unspecified atom stereocenters. The summed E-state index contributed by atoms with van der Waals surface area (Å²) in [7, 11) is 0. The van der Waals surface area contributed by atoms with E-state index < -0.39 is 0 Å². The molecule has 0 aromatic heterocycles. The molecule has 0 spiro atoms. The fraction of sp³-hybridized carbons (Fsp3) is 0.333. The molecule has 0 amide bonds. The summed E-state index contributed by atoms with van der Waals surface area (Å²) in [6.45, 7) is 0. The summed E-state index contributed by atoms with van der Waals surface area (Å²) in [6, 6.07) is 8.77. The van der Waals surface area contributed by atoms with Gasteiger partial charge in [-0.05, 0) is 18.9 Å². The van der Waals surface area contributed by atoms with Crippen molar-refractivity contribution in [2.45, 2.75) is 17.7 Å². The van der Waals surface area contributed by atoms with Crippen molar-refractivity contribution in [1.29, 1.82) is 0 Å². The van der Waals surface area contributed by atoms with Crippen LogP contribution in [0.3, 0.4) is 0 Å².